The molecule has 1 atom stereocenters. The molecule has 16 heavy (non-hydrogen) atoms. The number of hydrogen-bond acceptors (Lipinski definition) is 5. The molecule has 0 aliphatic heterocycles. The van der Waals surface area contributed by atoms with Gasteiger partial charge in [0.25, 0.3) is 0 Å². The van der Waals surface area contributed by atoms with Crippen LogP contribution in [0, 0.1) is 0 Å². The molecular formula is C10H24N4O2. The van der Waals surface area contributed by atoms with Gasteiger partial charge >= 0.3 is 0 Å². The van der Waals surface area contributed by atoms with Gasteiger partial charge in [-0.1, -0.05) is 12.1 Å². The Morgan fingerprint density at radius 1 is 1.56 bits per heavy atom. The molecule has 1 unspecified atom stereocenters. The fourth-order valence-electron chi connectivity index (χ4n) is 1.32. The minimum atomic E-state index is -0.0548. The summed E-state index contributed by atoms with van der Waals surface area (Å²) in [6.45, 7) is 5.32. The van der Waals surface area contributed by atoms with Crippen LogP contribution in [-0.4, -0.2) is 62.4 Å². The molecule has 0 heterocycles. The minimum Gasteiger partial charge on any atom is -0.409 e. The Balaban J connectivity index is 3.70. The van der Waals surface area contributed by atoms with E-state index in [9.17, 15) is 0 Å². The van der Waals surface area contributed by atoms with E-state index in [-0.39, 0.29) is 11.9 Å². The molecule has 0 rings (SSSR count). The highest BCUT2D eigenvalue weighted by Gasteiger charge is 2.10. The first-order valence-corrected chi connectivity index (χ1v) is 5.54. The number of nitrogens with one attached hydrogen (secondary N) is 1. The van der Waals surface area contributed by atoms with E-state index >= 15 is 0 Å². The van der Waals surface area contributed by atoms with Crippen LogP contribution in [0.2, 0.25) is 0 Å². The van der Waals surface area contributed by atoms with Gasteiger partial charge in [-0.25, -0.2) is 0 Å². The van der Waals surface area contributed by atoms with Crippen LogP contribution in [-0.2, 0) is 4.74 Å². The van der Waals surface area contributed by atoms with Gasteiger partial charge in [0.15, 0.2) is 5.84 Å². The molecule has 6 nitrogen and oxygen atoms in total. The molecule has 0 amide bonds. The average molecular weight is 232 g/mol. The van der Waals surface area contributed by atoms with Gasteiger partial charge in [0.2, 0.25) is 0 Å². The van der Waals surface area contributed by atoms with E-state index in [1.54, 1.807) is 7.11 Å². The Morgan fingerprint density at radius 3 is 2.75 bits per heavy atom. The van der Waals surface area contributed by atoms with E-state index < -0.39 is 0 Å². The van der Waals surface area contributed by atoms with Gasteiger partial charge in [0.05, 0.1) is 12.6 Å². The van der Waals surface area contributed by atoms with Crippen molar-refractivity contribution in [3.05, 3.63) is 0 Å². The second-order valence-corrected chi connectivity index (χ2v) is 3.74. The number of nitrogens with zero attached hydrogens (tertiary/aromatic N) is 2. The molecule has 0 aromatic carbocycles. The fraction of sp³-hybridized carbons (Fsp3) is 0.900. The number of methoxy groups -OCH3 is 1. The summed E-state index contributed by atoms with van der Waals surface area (Å²) < 4.78 is 4.98. The smallest absolute Gasteiger partial charge is 0.156 e. The van der Waals surface area contributed by atoms with Crippen LogP contribution in [0.1, 0.15) is 13.3 Å². The molecule has 0 aromatic heterocycles. The van der Waals surface area contributed by atoms with Gasteiger partial charge in [-0.05, 0) is 13.5 Å². The van der Waals surface area contributed by atoms with Crippen molar-refractivity contribution in [2.45, 2.75) is 19.4 Å². The van der Waals surface area contributed by atoms with E-state index in [1.165, 1.54) is 0 Å². The molecule has 0 radical (unpaired) electrons. The van der Waals surface area contributed by atoms with Gasteiger partial charge < -0.3 is 25.9 Å². The van der Waals surface area contributed by atoms with E-state index in [1.807, 2.05) is 14.0 Å². The summed E-state index contributed by atoms with van der Waals surface area (Å²) in [6, 6.07) is -0.0548. The average Bonchev–Trinajstić information content (AvgIpc) is 2.31. The first kappa shape index (κ1) is 15.2. The second-order valence-electron chi connectivity index (χ2n) is 3.74. The van der Waals surface area contributed by atoms with Crippen LogP contribution in [0.5, 0.6) is 0 Å². The summed E-state index contributed by atoms with van der Waals surface area (Å²) in [5.74, 6) is 0.238. The normalized spacial score (nSPS) is 14.4. The van der Waals surface area contributed by atoms with E-state index in [4.69, 9.17) is 15.7 Å². The van der Waals surface area contributed by atoms with Crippen molar-refractivity contribution < 1.29 is 9.94 Å². The molecule has 0 aliphatic carbocycles. The Labute approximate surface area is 97.4 Å². The Kier molecular flexibility index (Phi) is 8.88. The number of amidine groups is 1. The summed E-state index contributed by atoms with van der Waals surface area (Å²) >= 11 is 0. The van der Waals surface area contributed by atoms with Crippen molar-refractivity contribution >= 4 is 5.84 Å². The molecule has 0 saturated heterocycles. The maximum atomic E-state index is 8.56. The van der Waals surface area contributed by atoms with Crippen molar-refractivity contribution in [1.82, 2.24) is 10.2 Å². The van der Waals surface area contributed by atoms with Crippen LogP contribution >= 0.6 is 0 Å². The summed E-state index contributed by atoms with van der Waals surface area (Å²) in [4.78, 5) is 2.16. The largest absolute Gasteiger partial charge is 0.409 e. The Bertz CT molecular complexity index is 199. The third kappa shape index (κ3) is 6.60. The van der Waals surface area contributed by atoms with Crippen molar-refractivity contribution in [2.75, 3.05) is 40.4 Å². The summed E-state index contributed by atoms with van der Waals surface area (Å²) in [5, 5.41) is 14.8. The highest BCUT2D eigenvalue weighted by Crippen LogP contribution is 1.91. The van der Waals surface area contributed by atoms with Crippen molar-refractivity contribution in [2.24, 2.45) is 10.9 Å². The number of nitrogens with two attached hydrogens (primary N) is 1. The van der Waals surface area contributed by atoms with Crippen LogP contribution < -0.4 is 11.1 Å². The zero-order valence-corrected chi connectivity index (χ0v) is 10.4. The topological polar surface area (TPSA) is 83.1 Å². The van der Waals surface area contributed by atoms with Gasteiger partial charge in [0, 0.05) is 26.7 Å². The molecule has 0 aromatic rings. The fourth-order valence-corrected chi connectivity index (χ4v) is 1.32. The van der Waals surface area contributed by atoms with Crippen molar-refractivity contribution in [3.63, 3.8) is 0 Å². The zero-order valence-electron chi connectivity index (χ0n) is 10.4. The Hall–Kier alpha value is -0.850. The van der Waals surface area contributed by atoms with Crippen LogP contribution in [0.3, 0.4) is 0 Å². The highest BCUT2D eigenvalue weighted by molar-refractivity contribution is 5.85. The first-order valence-electron chi connectivity index (χ1n) is 5.54. The minimum absolute atomic E-state index is 0.0548. The lowest BCUT2D eigenvalue weighted by Crippen LogP contribution is -2.44. The molecule has 0 saturated carbocycles. The van der Waals surface area contributed by atoms with E-state index in [0.717, 1.165) is 32.7 Å². The van der Waals surface area contributed by atoms with Crippen LogP contribution in [0.4, 0.5) is 0 Å². The van der Waals surface area contributed by atoms with E-state index in [2.05, 4.69) is 15.4 Å². The SMILES string of the molecule is CCC(NCCN(C)CCOC)C(N)=NO. The predicted molar refractivity (Wildman–Crippen MR) is 64.9 cm³/mol. The lowest BCUT2D eigenvalue weighted by atomic mass is 10.2. The molecule has 0 aliphatic rings. The molecule has 0 spiro atoms. The quantitative estimate of drug-likeness (QED) is 0.220. The lowest BCUT2D eigenvalue weighted by molar-refractivity contribution is 0.161. The number of ether oxygens (including phenoxy) is 1. The number of hydrogen-bond donors (Lipinski definition) is 3. The zero-order chi connectivity index (χ0) is 12.4. The Morgan fingerprint density at radius 2 is 2.25 bits per heavy atom. The molecular weight excluding hydrogens is 208 g/mol. The third-order valence-electron chi connectivity index (χ3n) is 2.44. The molecule has 4 N–H and O–H groups in total. The highest BCUT2D eigenvalue weighted by atomic mass is 16.5. The van der Waals surface area contributed by atoms with Gasteiger partial charge in [-0.2, -0.15) is 0 Å². The molecule has 96 valence electrons. The number of rotatable bonds is 9. The lowest BCUT2D eigenvalue weighted by Gasteiger charge is -2.19. The van der Waals surface area contributed by atoms with E-state index in [0.29, 0.717) is 0 Å². The maximum Gasteiger partial charge on any atom is 0.156 e. The summed E-state index contributed by atoms with van der Waals surface area (Å²) in [6.07, 6.45) is 0.803. The molecule has 6 heteroatoms. The third-order valence-corrected chi connectivity index (χ3v) is 2.44. The van der Waals surface area contributed by atoms with Crippen LogP contribution in [0.15, 0.2) is 5.16 Å². The van der Waals surface area contributed by atoms with Crippen LogP contribution in [0.25, 0.3) is 0 Å². The number of oxime groups is 1. The van der Waals surface area contributed by atoms with Crippen molar-refractivity contribution in [3.8, 4) is 0 Å². The molecule has 0 bridgehead atoms. The van der Waals surface area contributed by atoms with Gasteiger partial charge in [-0.3, -0.25) is 0 Å². The number of likely N-dealkylation sites (N-methyl/N-ethyl adjacent to an activating group) is 1. The standard InChI is InChI=1S/C10H24N4O2/c1-4-9(10(11)13-15)12-5-6-14(2)7-8-16-3/h9,12,15H,4-8H2,1-3H3,(H2,11,13). The molecule has 0 fully saturated rings. The summed E-state index contributed by atoms with van der Waals surface area (Å²) in [5.41, 5.74) is 5.53. The maximum absolute atomic E-state index is 8.56. The van der Waals surface area contributed by atoms with Crippen molar-refractivity contribution in [1.29, 1.82) is 0 Å². The predicted octanol–water partition coefficient (Wildman–Crippen LogP) is -0.321. The van der Waals surface area contributed by atoms with Gasteiger partial charge in [-0.15, -0.1) is 0 Å². The second kappa shape index (κ2) is 9.38. The monoisotopic (exact) mass is 232 g/mol. The van der Waals surface area contributed by atoms with Gasteiger partial charge in [0.1, 0.15) is 0 Å². The summed E-state index contributed by atoms with van der Waals surface area (Å²) in [7, 11) is 3.72. The first-order chi connectivity index (χ1) is 7.65.